The molecule has 0 spiro atoms. The zero-order chi connectivity index (χ0) is 15.1. The summed E-state index contributed by atoms with van der Waals surface area (Å²) in [6, 6.07) is 10.5. The molecule has 21 heavy (non-hydrogen) atoms. The number of nitrogens with one attached hydrogen (secondary N) is 1. The molecule has 0 aliphatic heterocycles. The summed E-state index contributed by atoms with van der Waals surface area (Å²) in [6.45, 7) is 6.01. The Kier molecular flexibility index (Phi) is 5.69. The maximum absolute atomic E-state index is 13.5. The van der Waals surface area contributed by atoms with Crippen molar-refractivity contribution in [2.45, 2.75) is 33.4 Å². The van der Waals surface area contributed by atoms with E-state index >= 15 is 0 Å². The largest absolute Gasteiger partial charge is 0.473 e. The third-order valence-electron chi connectivity index (χ3n) is 3.08. The molecule has 0 amide bonds. The van der Waals surface area contributed by atoms with E-state index in [9.17, 15) is 4.39 Å². The van der Waals surface area contributed by atoms with E-state index in [1.807, 2.05) is 19.1 Å². The molecule has 112 valence electrons. The van der Waals surface area contributed by atoms with Crippen LogP contribution in [0.4, 0.5) is 4.39 Å². The van der Waals surface area contributed by atoms with Crippen LogP contribution in [0.3, 0.4) is 0 Å². The van der Waals surface area contributed by atoms with Gasteiger partial charge in [-0.15, -0.1) is 0 Å². The van der Waals surface area contributed by atoms with Gasteiger partial charge in [-0.25, -0.2) is 9.37 Å². The van der Waals surface area contributed by atoms with E-state index in [0.717, 1.165) is 30.8 Å². The predicted molar refractivity (Wildman–Crippen MR) is 81.7 cm³/mol. The number of aromatic nitrogens is 1. The lowest BCUT2D eigenvalue weighted by atomic mass is 10.2. The summed E-state index contributed by atoms with van der Waals surface area (Å²) in [7, 11) is 0. The van der Waals surface area contributed by atoms with Crippen molar-refractivity contribution in [3.05, 3.63) is 59.0 Å². The van der Waals surface area contributed by atoms with Crippen LogP contribution in [0.1, 0.15) is 30.2 Å². The van der Waals surface area contributed by atoms with Gasteiger partial charge >= 0.3 is 0 Å². The molecule has 2 aromatic rings. The van der Waals surface area contributed by atoms with Crippen molar-refractivity contribution in [1.29, 1.82) is 0 Å². The summed E-state index contributed by atoms with van der Waals surface area (Å²) >= 11 is 0. The number of hydrogen-bond acceptors (Lipinski definition) is 3. The molecule has 0 radical (unpaired) electrons. The Bertz CT molecular complexity index is 587. The van der Waals surface area contributed by atoms with E-state index in [4.69, 9.17) is 4.74 Å². The minimum absolute atomic E-state index is 0.185. The minimum atomic E-state index is -0.255. The molecule has 2 rings (SSSR count). The van der Waals surface area contributed by atoms with Crippen molar-refractivity contribution in [3.63, 3.8) is 0 Å². The number of halogens is 1. The van der Waals surface area contributed by atoms with Crippen molar-refractivity contribution in [3.8, 4) is 5.88 Å². The SMILES string of the molecule is CCCNCc1cc(C)nc(OCc2ccccc2F)c1. The highest BCUT2D eigenvalue weighted by atomic mass is 19.1. The summed E-state index contributed by atoms with van der Waals surface area (Å²) in [5.74, 6) is 0.279. The second-order valence-corrected chi connectivity index (χ2v) is 5.01. The number of pyridine rings is 1. The molecule has 0 fully saturated rings. The van der Waals surface area contributed by atoms with E-state index in [-0.39, 0.29) is 12.4 Å². The van der Waals surface area contributed by atoms with Gasteiger partial charge in [-0.3, -0.25) is 0 Å². The van der Waals surface area contributed by atoms with E-state index < -0.39 is 0 Å². The van der Waals surface area contributed by atoms with Crippen LogP contribution in [0, 0.1) is 12.7 Å². The fraction of sp³-hybridized carbons (Fsp3) is 0.353. The highest BCUT2D eigenvalue weighted by molar-refractivity contribution is 5.25. The topological polar surface area (TPSA) is 34.2 Å². The molecule has 1 aromatic heterocycles. The highest BCUT2D eigenvalue weighted by Gasteiger charge is 2.05. The second kappa shape index (κ2) is 7.74. The normalized spacial score (nSPS) is 10.6. The van der Waals surface area contributed by atoms with Crippen LogP contribution in [-0.2, 0) is 13.2 Å². The van der Waals surface area contributed by atoms with Crippen LogP contribution in [0.2, 0.25) is 0 Å². The Labute approximate surface area is 125 Å². The molecule has 1 heterocycles. The quantitative estimate of drug-likeness (QED) is 0.790. The van der Waals surface area contributed by atoms with Gasteiger partial charge in [0.05, 0.1) is 0 Å². The molecule has 0 saturated heterocycles. The third kappa shape index (κ3) is 4.83. The lowest BCUT2D eigenvalue weighted by molar-refractivity contribution is 0.287. The summed E-state index contributed by atoms with van der Waals surface area (Å²) in [6.07, 6.45) is 1.10. The fourth-order valence-electron chi connectivity index (χ4n) is 2.06. The number of hydrogen-bond donors (Lipinski definition) is 1. The number of benzene rings is 1. The predicted octanol–water partition coefficient (Wildman–Crippen LogP) is 3.61. The minimum Gasteiger partial charge on any atom is -0.473 e. The van der Waals surface area contributed by atoms with Crippen LogP contribution in [0.25, 0.3) is 0 Å². The Morgan fingerprint density at radius 3 is 2.81 bits per heavy atom. The van der Waals surface area contributed by atoms with Crippen LogP contribution in [-0.4, -0.2) is 11.5 Å². The lowest BCUT2D eigenvalue weighted by Crippen LogP contribution is -2.14. The first-order valence-corrected chi connectivity index (χ1v) is 7.23. The average Bonchev–Trinajstić information content (AvgIpc) is 2.46. The molecule has 0 saturated carbocycles. The Morgan fingerprint density at radius 1 is 1.24 bits per heavy atom. The van der Waals surface area contributed by atoms with Gasteiger partial charge in [0.1, 0.15) is 12.4 Å². The van der Waals surface area contributed by atoms with Crippen molar-refractivity contribution < 1.29 is 9.13 Å². The molecule has 4 heteroatoms. The zero-order valence-corrected chi connectivity index (χ0v) is 12.5. The van der Waals surface area contributed by atoms with Gasteiger partial charge in [-0.2, -0.15) is 0 Å². The van der Waals surface area contributed by atoms with Crippen LogP contribution < -0.4 is 10.1 Å². The summed E-state index contributed by atoms with van der Waals surface area (Å²) < 4.78 is 19.2. The number of aryl methyl sites for hydroxylation is 1. The lowest BCUT2D eigenvalue weighted by Gasteiger charge is -2.10. The van der Waals surface area contributed by atoms with E-state index in [1.54, 1.807) is 18.2 Å². The summed E-state index contributed by atoms with van der Waals surface area (Å²) in [4.78, 5) is 4.33. The molecule has 0 aliphatic rings. The van der Waals surface area contributed by atoms with E-state index in [1.165, 1.54) is 6.07 Å². The van der Waals surface area contributed by atoms with Crippen molar-refractivity contribution in [2.24, 2.45) is 0 Å². The fourth-order valence-corrected chi connectivity index (χ4v) is 2.06. The Hall–Kier alpha value is -1.94. The Morgan fingerprint density at radius 2 is 2.05 bits per heavy atom. The number of ether oxygens (including phenoxy) is 1. The van der Waals surface area contributed by atoms with Crippen molar-refractivity contribution in [2.75, 3.05) is 6.54 Å². The standard InChI is InChI=1S/C17H21FN2O/c1-3-8-19-11-14-9-13(2)20-17(10-14)21-12-15-6-4-5-7-16(15)18/h4-7,9-10,19H,3,8,11-12H2,1-2H3. The molecule has 0 atom stereocenters. The van der Waals surface area contributed by atoms with Crippen molar-refractivity contribution >= 4 is 0 Å². The van der Waals surface area contributed by atoms with E-state index in [0.29, 0.717) is 11.4 Å². The van der Waals surface area contributed by atoms with E-state index in [2.05, 4.69) is 17.2 Å². The van der Waals surface area contributed by atoms with Gasteiger partial charge in [0.2, 0.25) is 5.88 Å². The van der Waals surface area contributed by atoms with Gasteiger partial charge in [-0.1, -0.05) is 25.1 Å². The first-order valence-electron chi connectivity index (χ1n) is 7.23. The van der Waals surface area contributed by atoms with Crippen molar-refractivity contribution in [1.82, 2.24) is 10.3 Å². The molecular weight excluding hydrogens is 267 g/mol. The van der Waals surface area contributed by atoms with Crippen LogP contribution in [0.5, 0.6) is 5.88 Å². The third-order valence-corrected chi connectivity index (χ3v) is 3.08. The molecule has 3 nitrogen and oxygen atoms in total. The maximum Gasteiger partial charge on any atom is 0.214 e. The van der Waals surface area contributed by atoms with Gasteiger partial charge in [0.15, 0.2) is 0 Å². The van der Waals surface area contributed by atoms with Gasteiger partial charge in [-0.05, 0) is 37.6 Å². The second-order valence-electron chi connectivity index (χ2n) is 5.01. The highest BCUT2D eigenvalue weighted by Crippen LogP contribution is 2.15. The zero-order valence-electron chi connectivity index (χ0n) is 12.5. The average molecular weight is 288 g/mol. The molecular formula is C17H21FN2O. The molecule has 0 aliphatic carbocycles. The van der Waals surface area contributed by atoms with Crippen LogP contribution in [0.15, 0.2) is 36.4 Å². The molecule has 0 bridgehead atoms. The summed E-state index contributed by atoms with van der Waals surface area (Å²) in [5, 5.41) is 3.35. The molecule has 1 N–H and O–H groups in total. The maximum atomic E-state index is 13.5. The first kappa shape index (κ1) is 15.4. The summed E-state index contributed by atoms with van der Waals surface area (Å²) in [5.41, 5.74) is 2.56. The van der Waals surface area contributed by atoms with Gasteiger partial charge < -0.3 is 10.1 Å². The smallest absolute Gasteiger partial charge is 0.214 e. The molecule has 0 unspecified atom stereocenters. The number of rotatable bonds is 7. The van der Waals surface area contributed by atoms with Gasteiger partial charge in [0.25, 0.3) is 0 Å². The Balaban J connectivity index is 2.01. The number of nitrogens with zero attached hydrogens (tertiary/aromatic N) is 1. The van der Waals surface area contributed by atoms with Crippen LogP contribution >= 0.6 is 0 Å². The first-order chi connectivity index (χ1) is 10.2. The monoisotopic (exact) mass is 288 g/mol. The molecule has 1 aromatic carbocycles. The van der Waals surface area contributed by atoms with Gasteiger partial charge in [0, 0.05) is 23.9 Å².